The molecule has 86 valence electrons. The number of carbonyl (C=O) groups excluding carboxylic acids is 1. The summed E-state index contributed by atoms with van der Waals surface area (Å²) in [6, 6.07) is 11.2. The Bertz CT molecular complexity index is 541. The van der Waals surface area contributed by atoms with Crippen molar-refractivity contribution in [1.82, 2.24) is 0 Å². The first-order valence-corrected chi connectivity index (χ1v) is 5.53. The molecule has 0 unspecified atom stereocenters. The van der Waals surface area contributed by atoms with Crippen molar-refractivity contribution in [2.45, 2.75) is 6.92 Å². The second-order valence-electron chi connectivity index (χ2n) is 3.79. The summed E-state index contributed by atoms with van der Waals surface area (Å²) in [7, 11) is 0. The summed E-state index contributed by atoms with van der Waals surface area (Å²) in [5.74, 6) is -0.990. The third-order valence-electron chi connectivity index (χ3n) is 2.50. The summed E-state index contributed by atoms with van der Waals surface area (Å²) in [6.07, 6.45) is 0. The summed E-state index contributed by atoms with van der Waals surface area (Å²) in [5, 5.41) is 0.135. The summed E-state index contributed by atoms with van der Waals surface area (Å²) in [5.41, 5.74) is 1.40. The van der Waals surface area contributed by atoms with Gasteiger partial charge in [0.15, 0.2) is 5.78 Å². The van der Waals surface area contributed by atoms with E-state index in [1.54, 1.807) is 12.1 Å². The predicted octanol–water partition coefficient (Wildman–Crippen LogP) is 4.02. The minimum atomic E-state index is -0.594. The summed E-state index contributed by atoms with van der Waals surface area (Å²) in [4.78, 5) is 12.1. The van der Waals surface area contributed by atoms with Gasteiger partial charge >= 0.3 is 0 Å². The monoisotopic (exact) mass is 248 g/mol. The van der Waals surface area contributed by atoms with Crippen LogP contribution in [0.1, 0.15) is 21.5 Å². The van der Waals surface area contributed by atoms with Crippen molar-refractivity contribution in [2.75, 3.05) is 0 Å². The highest BCUT2D eigenvalue weighted by atomic mass is 35.5. The zero-order valence-electron chi connectivity index (χ0n) is 9.21. The summed E-state index contributed by atoms with van der Waals surface area (Å²) < 4.78 is 13.6. The third kappa shape index (κ3) is 2.37. The number of hydrogen-bond acceptors (Lipinski definition) is 1. The van der Waals surface area contributed by atoms with E-state index >= 15 is 0 Å². The van der Waals surface area contributed by atoms with E-state index in [1.807, 2.05) is 19.1 Å². The zero-order chi connectivity index (χ0) is 12.4. The van der Waals surface area contributed by atoms with Gasteiger partial charge in [0, 0.05) is 5.56 Å². The average molecular weight is 249 g/mol. The quantitative estimate of drug-likeness (QED) is 0.734. The molecule has 0 saturated carbocycles. The van der Waals surface area contributed by atoms with Crippen molar-refractivity contribution in [3.63, 3.8) is 0 Å². The molecule has 2 aromatic carbocycles. The van der Waals surface area contributed by atoms with Gasteiger partial charge < -0.3 is 0 Å². The van der Waals surface area contributed by atoms with E-state index < -0.39 is 11.6 Å². The summed E-state index contributed by atoms with van der Waals surface area (Å²) >= 11 is 5.84. The first-order chi connectivity index (χ1) is 8.09. The molecule has 0 saturated heterocycles. The van der Waals surface area contributed by atoms with E-state index in [1.165, 1.54) is 18.2 Å². The molecule has 0 bridgehead atoms. The zero-order valence-corrected chi connectivity index (χ0v) is 9.96. The maximum Gasteiger partial charge on any atom is 0.197 e. The van der Waals surface area contributed by atoms with E-state index in [-0.39, 0.29) is 10.6 Å². The number of aryl methyl sites for hydroxylation is 1. The molecule has 0 heterocycles. The number of ketones is 1. The van der Waals surface area contributed by atoms with Gasteiger partial charge in [-0.25, -0.2) is 4.39 Å². The lowest BCUT2D eigenvalue weighted by Gasteiger charge is -2.05. The Kier molecular flexibility index (Phi) is 3.25. The average Bonchev–Trinajstić information content (AvgIpc) is 2.29. The minimum Gasteiger partial charge on any atom is -0.288 e. The third-order valence-corrected chi connectivity index (χ3v) is 2.82. The van der Waals surface area contributed by atoms with Crippen molar-refractivity contribution >= 4 is 17.4 Å². The molecule has 0 amide bonds. The predicted molar refractivity (Wildman–Crippen MR) is 66.0 cm³/mol. The number of rotatable bonds is 2. The molecular formula is C14H10ClFO. The molecule has 0 N–H and O–H groups in total. The van der Waals surface area contributed by atoms with Gasteiger partial charge in [0.05, 0.1) is 10.6 Å². The lowest BCUT2D eigenvalue weighted by Crippen LogP contribution is -2.05. The first kappa shape index (κ1) is 11.8. The molecule has 0 spiro atoms. The van der Waals surface area contributed by atoms with Crippen molar-refractivity contribution in [1.29, 1.82) is 0 Å². The van der Waals surface area contributed by atoms with Gasteiger partial charge in [-0.1, -0.05) is 47.5 Å². The van der Waals surface area contributed by atoms with Gasteiger partial charge in [0.2, 0.25) is 0 Å². The van der Waals surface area contributed by atoms with Crippen LogP contribution in [0, 0.1) is 12.7 Å². The number of benzene rings is 2. The molecular weight excluding hydrogens is 239 g/mol. The second-order valence-corrected chi connectivity index (χ2v) is 4.20. The molecule has 0 aliphatic carbocycles. The van der Waals surface area contributed by atoms with Crippen LogP contribution in [-0.4, -0.2) is 5.78 Å². The van der Waals surface area contributed by atoms with E-state index in [2.05, 4.69) is 0 Å². The first-order valence-electron chi connectivity index (χ1n) is 5.15. The van der Waals surface area contributed by atoms with Crippen LogP contribution in [0.3, 0.4) is 0 Å². The van der Waals surface area contributed by atoms with E-state index in [4.69, 9.17) is 11.6 Å². The molecule has 2 rings (SSSR count). The molecule has 0 aliphatic heterocycles. The largest absolute Gasteiger partial charge is 0.288 e. The molecule has 0 fully saturated rings. The molecule has 0 aliphatic rings. The molecule has 3 heteroatoms. The molecule has 17 heavy (non-hydrogen) atoms. The van der Waals surface area contributed by atoms with Gasteiger partial charge in [0.1, 0.15) is 5.82 Å². The van der Waals surface area contributed by atoms with Crippen LogP contribution in [0.25, 0.3) is 0 Å². The summed E-state index contributed by atoms with van der Waals surface area (Å²) in [6.45, 7) is 1.92. The van der Waals surface area contributed by atoms with Crippen molar-refractivity contribution < 1.29 is 9.18 Å². The van der Waals surface area contributed by atoms with Gasteiger partial charge in [-0.3, -0.25) is 4.79 Å². The lowest BCUT2D eigenvalue weighted by atomic mass is 10.0. The van der Waals surface area contributed by atoms with Crippen LogP contribution in [0.5, 0.6) is 0 Å². The number of carbonyl (C=O) groups is 1. The van der Waals surface area contributed by atoms with Crippen molar-refractivity contribution in [3.05, 3.63) is 70.0 Å². The van der Waals surface area contributed by atoms with Gasteiger partial charge in [0.25, 0.3) is 0 Å². The Labute approximate surface area is 104 Å². The maximum absolute atomic E-state index is 13.6. The second kappa shape index (κ2) is 4.68. The fraction of sp³-hybridized carbons (Fsp3) is 0.0714. The minimum absolute atomic E-state index is 0.0713. The molecule has 2 aromatic rings. The van der Waals surface area contributed by atoms with Gasteiger partial charge in [-0.05, 0) is 19.1 Å². The highest BCUT2D eigenvalue weighted by molar-refractivity contribution is 6.35. The van der Waals surface area contributed by atoms with Gasteiger partial charge in [-0.15, -0.1) is 0 Å². The molecule has 0 aromatic heterocycles. The van der Waals surface area contributed by atoms with Crippen LogP contribution < -0.4 is 0 Å². The molecule has 0 radical (unpaired) electrons. The van der Waals surface area contributed by atoms with Crippen LogP contribution in [0.2, 0.25) is 5.02 Å². The van der Waals surface area contributed by atoms with E-state index in [9.17, 15) is 9.18 Å². The fourth-order valence-corrected chi connectivity index (χ4v) is 1.81. The lowest BCUT2D eigenvalue weighted by molar-refractivity contribution is 0.103. The van der Waals surface area contributed by atoms with Crippen LogP contribution in [-0.2, 0) is 0 Å². The normalized spacial score (nSPS) is 10.3. The smallest absolute Gasteiger partial charge is 0.197 e. The Hall–Kier alpha value is -1.67. The maximum atomic E-state index is 13.6. The Morgan fingerprint density at radius 3 is 2.35 bits per heavy atom. The van der Waals surface area contributed by atoms with E-state index in [0.717, 1.165) is 5.56 Å². The Balaban J connectivity index is 2.47. The highest BCUT2D eigenvalue weighted by Crippen LogP contribution is 2.22. The van der Waals surface area contributed by atoms with E-state index in [0.29, 0.717) is 5.56 Å². The Morgan fingerprint density at radius 2 is 1.76 bits per heavy atom. The Morgan fingerprint density at radius 1 is 1.12 bits per heavy atom. The SMILES string of the molecule is Cc1ccc(C(=O)c2c(F)cccc2Cl)cc1. The van der Waals surface area contributed by atoms with Crippen LogP contribution >= 0.6 is 11.6 Å². The van der Waals surface area contributed by atoms with Crippen LogP contribution in [0.4, 0.5) is 4.39 Å². The van der Waals surface area contributed by atoms with Crippen molar-refractivity contribution in [2.24, 2.45) is 0 Å². The van der Waals surface area contributed by atoms with Gasteiger partial charge in [-0.2, -0.15) is 0 Å². The topological polar surface area (TPSA) is 17.1 Å². The molecule has 1 nitrogen and oxygen atoms in total. The standard InChI is InChI=1S/C14H10ClFO/c1-9-5-7-10(8-6-9)14(17)13-11(15)3-2-4-12(13)16/h2-8H,1H3. The van der Waals surface area contributed by atoms with Crippen molar-refractivity contribution in [3.8, 4) is 0 Å². The molecule has 0 atom stereocenters. The number of hydrogen-bond donors (Lipinski definition) is 0. The highest BCUT2D eigenvalue weighted by Gasteiger charge is 2.17. The fourth-order valence-electron chi connectivity index (χ4n) is 1.56. The van der Waals surface area contributed by atoms with Crippen LogP contribution in [0.15, 0.2) is 42.5 Å². The number of halogens is 2.